The molecule has 0 amide bonds. The molecular formula is C10H12O2. The van der Waals surface area contributed by atoms with Crippen LogP contribution in [-0.2, 0) is 0 Å². The van der Waals surface area contributed by atoms with Gasteiger partial charge in [0.15, 0.2) is 5.78 Å². The number of Topliss-reactive ketones (excluding diaryl/α,β-unsaturated/α-hetero) is 1. The first kappa shape index (κ1) is 8.78. The number of benzene rings is 1. The molecule has 0 fully saturated rings. The summed E-state index contributed by atoms with van der Waals surface area (Å²) in [5.41, 5.74) is 1.64. The van der Waals surface area contributed by atoms with Crippen LogP contribution in [0.15, 0.2) is 18.2 Å². The fourth-order valence-corrected chi connectivity index (χ4v) is 1.26. The number of ether oxygens (including phenoxy) is 1. The molecule has 1 rings (SSSR count). The van der Waals surface area contributed by atoms with E-state index in [9.17, 15) is 4.79 Å². The largest absolute Gasteiger partial charge is 0.496 e. The highest BCUT2D eigenvalue weighted by Gasteiger charge is 2.09. The maximum Gasteiger partial charge on any atom is 0.163 e. The molecule has 0 N–H and O–H groups in total. The Morgan fingerprint density at radius 2 is 2.08 bits per heavy atom. The zero-order chi connectivity index (χ0) is 9.14. The van der Waals surface area contributed by atoms with Crippen LogP contribution >= 0.6 is 0 Å². The molecular weight excluding hydrogens is 152 g/mol. The lowest BCUT2D eigenvalue weighted by atomic mass is 10.0. The lowest BCUT2D eigenvalue weighted by molar-refractivity contribution is 0.101. The van der Waals surface area contributed by atoms with Crippen molar-refractivity contribution in [1.29, 1.82) is 0 Å². The van der Waals surface area contributed by atoms with Gasteiger partial charge >= 0.3 is 0 Å². The summed E-state index contributed by atoms with van der Waals surface area (Å²) in [5.74, 6) is 0.701. The molecule has 2 heteroatoms. The highest BCUT2D eigenvalue weighted by atomic mass is 16.5. The molecule has 0 aliphatic rings. The summed E-state index contributed by atoms with van der Waals surface area (Å²) in [6.07, 6.45) is 0. The highest BCUT2D eigenvalue weighted by molar-refractivity contribution is 5.98. The third kappa shape index (κ3) is 1.47. The summed E-state index contributed by atoms with van der Waals surface area (Å²) in [7, 11) is 1.57. The number of carbonyl (C=O) groups is 1. The second-order valence-corrected chi connectivity index (χ2v) is 2.71. The van der Waals surface area contributed by atoms with Crippen LogP contribution in [0.2, 0.25) is 0 Å². The number of rotatable bonds is 2. The van der Waals surface area contributed by atoms with Gasteiger partial charge in [0.25, 0.3) is 0 Å². The van der Waals surface area contributed by atoms with E-state index in [1.165, 1.54) is 0 Å². The Bertz CT molecular complexity index is 303. The number of aryl methyl sites for hydroxylation is 1. The first-order valence-electron chi connectivity index (χ1n) is 3.81. The average Bonchev–Trinajstić information content (AvgIpc) is 2.03. The fourth-order valence-electron chi connectivity index (χ4n) is 1.26. The van der Waals surface area contributed by atoms with Crippen LogP contribution in [-0.4, -0.2) is 12.9 Å². The normalized spacial score (nSPS) is 9.58. The Morgan fingerprint density at radius 1 is 1.42 bits per heavy atom. The van der Waals surface area contributed by atoms with Gasteiger partial charge in [-0.2, -0.15) is 0 Å². The summed E-state index contributed by atoms with van der Waals surface area (Å²) >= 11 is 0. The van der Waals surface area contributed by atoms with Gasteiger partial charge in [-0.3, -0.25) is 4.79 Å². The predicted molar refractivity (Wildman–Crippen MR) is 47.7 cm³/mol. The molecule has 0 spiro atoms. The molecule has 0 bridgehead atoms. The Hall–Kier alpha value is -1.31. The van der Waals surface area contributed by atoms with Crippen molar-refractivity contribution in [2.24, 2.45) is 0 Å². The molecule has 0 heterocycles. The van der Waals surface area contributed by atoms with Gasteiger partial charge in [-0.25, -0.2) is 0 Å². The average molecular weight is 164 g/mol. The molecule has 0 aliphatic heterocycles. The Balaban J connectivity index is 3.29. The molecule has 0 unspecified atom stereocenters. The third-order valence-electron chi connectivity index (χ3n) is 1.81. The number of hydrogen-bond donors (Lipinski definition) is 0. The zero-order valence-electron chi connectivity index (χ0n) is 7.55. The van der Waals surface area contributed by atoms with Gasteiger partial charge in [0.2, 0.25) is 0 Å². The van der Waals surface area contributed by atoms with Crippen LogP contribution < -0.4 is 4.74 Å². The minimum atomic E-state index is 0.0463. The lowest BCUT2D eigenvalue weighted by Crippen LogP contribution is -1.99. The number of hydrogen-bond acceptors (Lipinski definition) is 2. The van der Waals surface area contributed by atoms with Gasteiger partial charge in [-0.15, -0.1) is 0 Å². The van der Waals surface area contributed by atoms with Gasteiger partial charge < -0.3 is 4.74 Å². The van der Waals surface area contributed by atoms with Crippen LogP contribution in [0.25, 0.3) is 0 Å². The van der Waals surface area contributed by atoms with E-state index < -0.39 is 0 Å². The van der Waals surface area contributed by atoms with Gasteiger partial charge in [-0.05, 0) is 25.5 Å². The van der Waals surface area contributed by atoms with Gasteiger partial charge in [-0.1, -0.05) is 12.1 Å². The molecule has 2 nitrogen and oxygen atoms in total. The van der Waals surface area contributed by atoms with E-state index in [1.54, 1.807) is 20.1 Å². The molecule has 64 valence electrons. The van der Waals surface area contributed by atoms with E-state index in [-0.39, 0.29) is 5.78 Å². The van der Waals surface area contributed by atoms with E-state index in [2.05, 4.69) is 0 Å². The summed E-state index contributed by atoms with van der Waals surface area (Å²) < 4.78 is 5.07. The van der Waals surface area contributed by atoms with Crippen molar-refractivity contribution in [1.82, 2.24) is 0 Å². The maximum atomic E-state index is 11.2. The van der Waals surface area contributed by atoms with E-state index in [4.69, 9.17) is 4.74 Å². The molecule has 0 atom stereocenters. The standard InChI is InChI=1S/C10H12O2/c1-7-5-4-6-9(12-3)10(7)8(2)11/h4-6H,1-3H3. The third-order valence-corrected chi connectivity index (χ3v) is 1.81. The lowest BCUT2D eigenvalue weighted by Gasteiger charge is -2.07. The number of ketones is 1. The van der Waals surface area contributed by atoms with Crippen LogP contribution in [0.4, 0.5) is 0 Å². The minimum absolute atomic E-state index is 0.0463. The van der Waals surface area contributed by atoms with Gasteiger partial charge in [0.05, 0.1) is 12.7 Å². The van der Waals surface area contributed by atoms with Crippen LogP contribution in [0.3, 0.4) is 0 Å². The van der Waals surface area contributed by atoms with Crippen molar-refractivity contribution in [2.75, 3.05) is 7.11 Å². The fraction of sp³-hybridized carbons (Fsp3) is 0.300. The Labute approximate surface area is 72.2 Å². The second kappa shape index (κ2) is 3.39. The summed E-state index contributed by atoms with van der Waals surface area (Å²) in [5, 5.41) is 0. The van der Waals surface area contributed by atoms with Gasteiger partial charge in [0, 0.05) is 0 Å². The minimum Gasteiger partial charge on any atom is -0.496 e. The topological polar surface area (TPSA) is 26.3 Å². The van der Waals surface area contributed by atoms with Crippen molar-refractivity contribution < 1.29 is 9.53 Å². The van der Waals surface area contributed by atoms with Crippen LogP contribution in [0.5, 0.6) is 5.75 Å². The monoisotopic (exact) mass is 164 g/mol. The first-order valence-corrected chi connectivity index (χ1v) is 3.81. The Kier molecular flexibility index (Phi) is 2.48. The molecule has 0 saturated carbocycles. The second-order valence-electron chi connectivity index (χ2n) is 2.71. The van der Waals surface area contributed by atoms with E-state index >= 15 is 0 Å². The van der Waals surface area contributed by atoms with Crippen molar-refractivity contribution in [2.45, 2.75) is 13.8 Å². The van der Waals surface area contributed by atoms with Crippen molar-refractivity contribution >= 4 is 5.78 Å². The van der Waals surface area contributed by atoms with Crippen molar-refractivity contribution in [3.63, 3.8) is 0 Å². The van der Waals surface area contributed by atoms with E-state index in [0.29, 0.717) is 11.3 Å². The predicted octanol–water partition coefficient (Wildman–Crippen LogP) is 2.21. The number of carbonyl (C=O) groups excluding carboxylic acids is 1. The zero-order valence-corrected chi connectivity index (χ0v) is 7.55. The summed E-state index contributed by atoms with van der Waals surface area (Å²) in [4.78, 5) is 11.2. The molecule has 1 aromatic carbocycles. The molecule has 1 aromatic rings. The molecule has 0 aliphatic carbocycles. The molecule has 12 heavy (non-hydrogen) atoms. The first-order chi connectivity index (χ1) is 5.66. The van der Waals surface area contributed by atoms with Crippen LogP contribution in [0, 0.1) is 6.92 Å². The molecule has 0 radical (unpaired) electrons. The SMILES string of the molecule is COc1cccc(C)c1C(C)=O. The summed E-state index contributed by atoms with van der Waals surface area (Å²) in [6.45, 7) is 3.45. The quantitative estimate of drug-likeness (QED) is 0.626. The van der Waals surface area contributed by atoms with Crippen molar-refractivity contribution in [3.8, 4) is 5.75 Å². The van der Waals surface area contributed by atoms with Gasteiger partial charge in [0.1, 0.15) is 5.75 Å². The number of methoxy groups -OCH3 is 1. The summed E-state index contributed by atoms with van der Waals surface area (Å²) in [6, 6.07) is 5.57. The molecule has 0 aromatic heterocycles. The smallest absolute Gasteiger partial charge is 0.163 e. The van der Waals surface area contributed by atoms with E-state index in [1.807, 2.05) is 19.1 Å². The Morgan fingerprint density at radius 3 is 2.50 bits per heavy atom. The maximum absolute atomic E-state index is 11.2. The van der Waals surface area contributed by atoms with E-state index in [0.717, 1.165) is 5.56 Å². The van der Waals surface area contributed by atoms with Crippen molar-refractivity contribution in [3.05, 3.63) is 29.3 Å². The highest BCUT2D eigenvalue weighted by Crippen LogP contribution is 2.21. The molecule has 0 saturated heterocycles. The van der Waals surface area contributed by atoms with Crippen LogP contribution in [0.1, 0.15) is 22.8 Å².